The van der Waals surface area contributed by atoms with Gasteiger partial charge in [0.05, 0.1) is 4.47 Å². The van der Waals surface area contributed by atoms with Crippen molar-refractivity contribution < 1.29 is 0 Å². The highest BCUT2D eigenvalue weighted by molar-refractivity contribution is 9.10. The standard InChI is InChI=1S/C12H18BrN3/c1-15(2)10-5-4-8-16(9-10)12-11(13)6-3-7-14-12/h3,6-7,10H,4-5,8-9H2,1-2H3. The van der Waals surface area contributed by atoms with Gasteiger partial charge in [0.25, 0.3) is 0 Å². The van der Waals surface area contributed by atoms with Crippen LogP contribution in [0.25, 0.3) is 0 Å². The minimum Gasteiger partial charge on any atom is -0.354 e. The highest BCUT2D eigenvalue weighted by Gasteiger charge is 2.23. The summed E-state index contributed by atoms with van der Waals surface area (Å²) in [4.78, 5) is 9.14. The van der Waals surface area contributed by atoms with Gasteiger partial charge in [0.15, 0.2) is 0 Å². The van der Waals surface area contributed by atoms with Gasteiger partial charge in [-0.2, -0.15) is 0 Å². The Morgan fingerprint density at radius 3 is 3.00 bits per heavy atom. The first-order valence-electron chi connectivity index (χ1n) is 5.70. The van der Waals surface area contributed by atoms with Crippen LogP contribution in [0.15, 0.2) is 22.8 Å². The van der Waals surface area contributed by atoms with Gasteiger partial charge in [0.2, 0.25) is 0 Å². The van der Waals surface area contributed by atoms with Crippen LogP contribution in [-0.4, -0.2) is 43.1 Å². The Hall–Kier alpha value is -0.610. The molecule has 0 aliphatic carbocycles. The molecule has 2 heterocycles. The maximum absolute atomic E-state index is 4.46. The van der Waals surface area contributed by atoms with E-state index in [1.807, 2.05) is 12.3 Å². The number of pyridine rings is 1. The van der Waals surface area contributed by atoms with E-state index in [4.69, 9.17) is 0 Å². The van der Waals surface area contributed by atoms with E-state index in [2.05, 4.69) is 50.9 Å². The predicted octanol–water partition coefficient (Wildman–Crippen LogP) is 2.37. The lowest BCUT2D eigenvalue weighted by molar-refractivity contribution is 0.257. The highest BCUT2D eigenvalue weighted by atomic mass is 79.9. The maximum Gasteiger partial charge on any atom is 0.142 e. The third kappa shape index (κ3) is 2.55. The molecular formula is C12H18BrN3. The van der Waals surface area contributed by atoms with E-state index in [-0.39, 0.29) is 0 Å². The van der Waals surface area contributed by atoms with Gasteiger partial charge in [-0.15, -0.1) is 0 Å². The Kier molecular flexibility index (Phi) is 3.82. The molecule has 3 nitrogen and oxygen atoms in total. The first kappa shape index (κ1) is 11.9. The molecule has 1 fully saturated rings. The fraction of sp³-hybridized carbons (Fsp3) is 0.583. The molecule has 1 aliphatic rings. The monoisotopic (exact) mass is 283 g/mol. The van der Waals surface area contributed by atoms with Gasteiger partial charge in [0.1, 0.15) is 5.82 Å². The normalized spacial score (nSPS) is 21.5. The van der Waals surface area contributed by atoms with Crippen molar-refractivity contribution in [2.75, 3.05) is 32.1 Å². The van der Waals surface area contributed by atoms with Gasteiger partial charge in [0, 0.05) is 25.3 Å². The smallest absolute Gasteiger partial charge is 0.142 e. The van der Waals surface area contributed by atoms with Crippen LogP contribution in [-0.2, 0) is 0 Å². The number of hydrogen-bond donors (Lipinski definition) is 0. The highest BCUT2D eigenvalue weighted by Crippen LogP contribution is 2.26. The zero-order chi connectivity index (χ0) is 11.5. The third-order valence-electron chi connectivity index (χ3n) is 3.17. The molecule has 0 bridgehead atoms. The molecule has 1 saturated heterocycles. The molecule has 0 amide bonds. The molecule has 0 spiro atoms. The SMILES string of the molecule is CN(C)C1CCCN(c2ncccc2Br)C1. The Balaban J connectivity index is 2.13. The van der Waals surface area contributed by atoms with E-state index in [1.165, 1.54) is 12.8 Å². The molecule has 1 unspecified atom stereocenters. The average Bonchev–Trinajstić information content (AvgIpc) is 2.30. The number of halogens is 1. The van der Waals surface area contributed by atoms with Crippen molar-refractivity contribution in [3.05, 3.63) is 22.8 Å². The lowest BCUT2D eigenvalue weighted by Crippen LogP contribution is -2.45. The van der Waals surface area contributed by atoms with Crippen LogP contribution >= 0.6 is 15.9 Å². The summed E-state index contributed by atoms with van der Waals surface area (Å²) >= 11 is 3.57. The summed E-state index contributed by atoms with van der Waals surface area (Å²) in [7, 11) is 4.31. The third-order valence-corrected chi connectivity index (χ3v) is 3.78. The van der Waals surface area contributed by atoms with Crippen LogP contribution in [0.2, 0.25) is 0 Å². The Bertz CT molecular complexity index is 354. The fourth-order valence-electron chi connectivity index (χ4n) is 2.18. The molecule has 16 heavy (non-hydrogen) atoms. The summed E-state index contributed by atoms with van der Waals surface area (Å²) in [6.45, 7) is 2.18. The van der Waals surface area contributed by atoms with Gasteiger partial charge in [-0.05, 0) is 55.0 Å². The number of aromatic nitrogens is 1. The number of anilines is 1. The number of piperidine rings is 1. The van der Waals surface area contributed by atoms with E-state index < -0.39 is 0 Å². The average molecular weight is 284 g/mol. The molecule has 0 N–H and O–H groups in total. The summed E-state index contributed by atoms with van der Waals surface area (Å²) in [5.41, 5.74) is 0. The summed E-state index contributed by atoms with van der Waals surface area (Å²) in [6.07, 6.45) is 4.39. The van der Waals surface area contributed by atoms with Gasteiger partial charge >= 0.3 is 0 Å². The fourth-order valence-corrected chi connectivity index (χ4v) is 2.68. The van der Waals surface area contributed by atoms with Gasteiger partial charge < -0.3 is 9.80 Å². The zero-order valence-corrected chi connectivity index (χ0v) is 11.4. The van der Waals surface area contributed by atoms with Crippen molar-refractivity contribution in [2.24, 2.45) is 0 Å². The van der Waals surface area contributed by atoms with Crippen LogP contribution in [0.1, 0.15) is 12.8 Å². The molecular weight excluding hydrogens is 266 g/mol. The quantitative estimate of drug-likeness (QED) is 0.831. The summed E-state index contributed by atoms with van der Waals surface area (Å²) in [5.74, 6) is 1.08. The second kappa shape index (κ2) is 5.15. The van der Waals surface area contributed by atoms with E-state index in [9.17, 15) is 0 Å². The van der Waals surface area contributed by atoms with E-state index >= 15 is 0 Å². The molecule has 88 valence electrons. The predicted molar refractivity (Wildman–Crippen MR) is 70.9 cm³/mol. The first-order chi connectivity index (χ1) is 7.68. The van der Waals surface area contributed by atoms with Crippen LogP contribution in [0, 0.1) is 0 Å². The Morgan fingerprint density at radius 1 is 1.50 bits per heavy atom. The van der Waals surface area contributed by atoms with E-state index in [0.29, 0.717) is 6.04 Å². The molecule has 1 aromatic rings. The van der Waals surface area contributed by atoms with Crippen molar-refractivity contribution >= 4 is 21.7 Å². The van der Waals surface area contributed by atoms with E-state index in [1.54, 1.807) is 0 Å². The molecule has 0 saturated carbocycles. The van der Waals surface area contributed by atoms with Crippen molar-refractivity contribution in [3.63, 3.8) is 0 Å². The zero-order valence-electron chi connectivity index (χ0n) is 9.86. The summed E-state index contributed by atoms with van der Waals surface area (Å²) < 4.78 is 1.09. The lowest BCUT2D eigenvalue weighted by atomic mass is 10.1. The van der Waals surface area contributed by atoms with Crippen LogP contribution in [0.4, 0.5) is 5.82 Å². The molecule has 4 heteroatoms. The molecule has 2 rings (SSSR count). The second-order valence-electron chi connectivity index (χ2n) is 4.51. The Labute approximate surface area is 106 Å². The number of hydrogen-bond acceptors (Lipinski definition) is 3. The van der Waals surface area contributed by atoms with Gasteiger partial charge in [-0.25, -0.2) is 4.98 Å². The molecule has 0 aromatic carbocycles. The minimum absolute atomic E-state index is 0.641. The van der Waals surface area contributed by atoms with Crippen molar-refractivity contribution in [1.29, 1.82) is 0 Å². The number of rotatable bonds is 2. The molecule has 1 aliphatic heterocycles. The summed E-state index contributed by atoms with van der Waals surface area (Å²) in [5, 5.41) is 0. The molecule has 0 radical (unpaired) electrons. The molecule has 1 aromatic heterocycles. The van der Waals surface area contributed by atoms with Gasteiger partial charge in [-0.1, -0.05) is 0 Å². The van der Waals surface area contributed by atoms with Crippen LogP contribution in [0.3, 0.4) is 0 Å². The first-order valence-corrected chi connectivity index (χ1v) is 6.49. The largest absolute Gasteiger partial charge is 0.354 e. The van der Waals surface area contributed by atoms with Gasteiger partial charge in [-0.3, -0.25) is 0 Å². The van der Waals surface area contributed by atoms with Crippen LogP contribution in [0.5, 0.6) is 0 Å². The topological polar surface area (TPSA) is 19.4 Å². The van der Waals surface area contributed by atoms with Crippen molar-refractivity contribution in [3.8, 4) is 0 Å². The summed E-state index contributed by atoms with van der Waals surface area (Å²) in [6, 6.07) is 4.66. The lowest BCUT2D eigenvalue weighted by Gasteiger charge is -2.37. The van der Waals surface area contributed by atoms with Crippen molar-refractivity contribution in [1.82, 2.24) is 9.88 Å². The minimum atomic E-state index is 0.641. The van der Waals surface area contributed by atoms with Crippen molar-refractivity contribution in [2.45, 2.75) is 18.9 Å². The molecule has 1 atom stereocenters. The van der Waals surface area contributed by atoms with Crippen LogP contribution < -0.4 is 4.90 Å². The van der Waals surface area contributed by atoms with E-state index in [0.717, 1.165) is 23.4 Å². The Morgan fingerprint density at radius 2 is 2.31 bits per heavy atom. The number of likely N-dealkylation sites (N-methyl/N-ethyl adjacent to an activating group) is 1. The maximum atomic E-state index is 4.46. The number of nitrogens with zero attached hydrogens (tertiary/aromatic N) is 3. The second-order valence-corrected chi connectivity index (χ2v) is 5.37.